The quantitative estimate of drug-likeness (QED) is 0.751. The molecule has 1 aromatic carbocycles. The van der Waals surface area contributed by atoms with Gasteiger partial charge in [-0.2, -0.15) is 0 Å². The van der Waals surface area contributed by atoms with Gasteiger partial charge in [0.2, 0.25) is 0 Å². The van der Waals surface area contributed by atoms with Gasteiger partial charge >= 0.3 is 6.03 Å². The monoisotopic (exact) mass is 367 g/mol. The van der Waals surface area contributed by atoms with E-state index in [0.29, 0.717) is 23.9 Å². The minimum absolute atomic E-state index is 0.116. The van der Waals surface area contributed by atoms with Crippen LogP contribution in [0.2, 0.25) is 5.02 Å². The number of hydrogen-bond acceptors (Lipinski definition) is 4. The topological polar surface area (TPSA) is 61.4 Å². The molecule has 0 aliphatic carbocycles. The van der Waals surface area contributed by atoms with E-state index in [1.54, 1.807) is 18.5 Å². The maximum atomic E-state index is 12.4. The standard InChI is InChI=1S/C19H18ClN5O/c20-14-4-5-15-16(13-14)21-8-6-17(15)24-9-11-25(12-10-24)19(26)23-18-3-1-2-7-22-18/h1-8,13H,9-12H2,(H,22,23,26). The fourth-order valence-corrected chi connectivity index (χ4v) is 3.32. The third-order valence-electron chi connectivity index (χ3n) is 4.49. The van der Waals surface area contributed by atoms with Gasteiger partial charge < -0.3 is 9.80 Å². The van der Waals surface area contributed by atoms with E-state index in [-0.39, 0.29) is 6.03 Å². The Labute approximate surface area is 156 Å². The molecule has 0 spiro atoms. The van der Waals surface area contributed by atoms with Gasteiger partial charge in [-0.15, -0.1) is 0 Å². The van der Waals surface area contributed by atoms with Crippen molar-refractivity contribution in [2.24, 2.45) is 0 Å². The van der Waals surface area contributed by atoms with Crippen molar-refractivity contribution in [3.05, 3.63) is 59.9 Å². The van der Waals surface area contributed by atoms with E-state index in [4.69, 9.17) is 11.6 Å². The van der Waals surface area contributed by atoms with Crippen molar-refractivity contribution in [2.75, 3.05) is 36.4 Å². The Hall–Kier alpha value is -2.86. The van der Waals surface area contributed by atoms with E-state index in [1.807, 2.05) is 41.3 Å². The molecule has 26 heavy (non-hydrogen) atoms. The number of pyridine rings is 2. The van der Waals surface area contributed by atoms with Gasteiger partial charge in [0.05, 0.1) is 5.52 Å². The van der Waals surface area contributed by atoms with Crippen LogP contribution in [0.3, 0.4) is 0 Å². The Balaban J connectivity index is 1.45. The Morgan fingerprint density at radius 3 is 2.62 bits per heavy atom. The number of nitrogens with zero attached hydrogens (tertiary/aromatic N) is 4. The molecule has 0 atom stereocenters. The maximum absolute atomic E-state index is 12.4. The van der Waals surface area contributed by atoms with E-state index in [2.05, 4.69) is 20.2 Å². The maximum Gasteiger partial charge on any atom is 0.323 e. The van der Waals surface area contributed by atoms with E-state index in [9.17, 15) is 4.79 Å². The highest BCUT2D eigenvalue weighted by atomic mass is 35.5. The molecule has 1 saturated heterocycles. The molecule has 0 bridgehead atoms. The fraction of sp³-hybridized carbons (Fsp3) is 0.211. The second-order valence-electron chi connectivity index (χ2n) is 6.11. The summed E-state index contributed by atoms with van der Waals surface area (Å²) in [4.78, 5) is 25.0. The molecule has 0 unspecified atom stereocenters. The first-order chi connectivity index (χ1) is 12.7. The van der Waals surface area contributed by atoms with Crippen LogP contribution in [-0.2, 0) is 0 Å². The number of aromatic nitrogens is 2. The van der Waals surface area contributed by atoms with Crippen molar-refractivity contribution in [3.8, 4) is 0 Å². The molecular weight excluding hydrogens is 350 g/mol. The SMILES string of the molecule is O=C(Nc1ccccn1)N1CCN(c2ccnc3cc(Cl)ccc23)CC1. The number of carbonyl (C=O) groups is 1. The summed E-state index contributed by atoms with van der Waals surface area (Å²) < 4.78 is 0. The van der Waals surface area contributed by atoms with Crippen molar-refractivity contribution in [1.82, 2.24) is 14.9 Å². The average molecular weight is 368 g/mol. The summed E-state index contributed by atoms with van der Waals surface area (Å²) in [5.74, 6) is 0.567. The third kappa shape index (κ3) is 3.41. The number of halogens is 1. The Morgan fingerprint density at radius 2 is 1.85 bits per heavy atom. The number of benzene rings is 1. The van der Waals surface area contributed by atoms with Gasteiger partial charge in [-0.25, -0.2) is 9.78 Å². The van der Waals surface area contributed by atoms with Crippen LogP contribution in [0.5, 0.6) is 0 Å². The van der Waals surface area contributed by atoms with Gasteiger partial charge in [-0.1, -0.05) is 17.7 Å². The lowest BCUT2D eigenvalue weighted by molar-refractivity contribution is 0.208. The summed E-state index contributed by atoms with van der Waals surface area (Å²) in [5.41, 5.74) is 2.00. The number of amides is 2. The first-order valence-corrected chi connectivity index (χ1v) is 8.85. The van der Waals surface area contributed by atoms with Gasteiger partial charge in [0.15, 0.2) is 0 Å². The van der Waals surface area contributed by atoms with Crippen LogP contribution >= 0.6 is 11.6 Å². The first kappa shape index (κ1) is 16.6. The summed E-state index contributed by atoms with van der Waals surface area (Å²) in [5, 5.41) is 4.59. The Bertz CT molecular complexity index is 926. The van der Waals surface area contributed by atoms with Crippen molar-refractivity contribution in [3.63, 3.8) is 0 Å². The largest absolute Gasteiger partial charge is 0.367 e. The van der Waals surface area contributed by atoms with Gasteiger partial charge in [0.1, 0.15) is 5.82 Å². The van der Waals surface area contributed by atoms with Crippen molar-refractivity contribution >= 4 is 40.0 Å². The molecule has 3 aromatic rings. The van der Waals surface area contributed by atoms with Crippen molar-refractivity contribution in [2.45, 2.75) is 0 Å². The third-order valence-corrected chi connectivity index (χ3v) is 4.72. The molecule has 0 radical (unpaired) electrons. The molecule has 0 saturated carbocycles. The van der Waals surface area contributed by atoms with Gasteiger partial charge in [-0.3, -0.25) is 10.3 Å². The molecule has 7 heteroatoms. The number of rotatable bonds is 2. The minimum Gasteiger partial charge on any atom is -0.367 e. The lowest BCUT2D eigenvalue weighted by atomic mass is 10.1. The van der Waals surface area contributed by atoms with Crippen LogP contribution in [0.1, 0.15) is 0 Å². The second kappa shape index (κ2) is 7.17. The highest BCUT2D eigenvalue weighted by Crippen LogP contribution is 2.28. The molecule has 1 aliphatic rings. The highest BCUT2D eigenvalue weighted by Gasteiger charge is 2.22. The minimum atomic E-state index is -0.116. The van der Waals surface area contributed by atoms with Crippen LogP contribution in [0, 0.1) is 0 Å². The zero-order chi connectivity index (χ0) is 17.9. The summed E-state index contributed by atoms with van der Waals surface area (Å²) >= 11 is 6.07. The van der Waals surface area contributed by atoms with E-state index >= 15 is 0 Å². The molecule has 1 N–H and O–H groups in total. The molecule has 4 rings (SSSR count). The number of hydrogen-bond donors (Lipinski definition) is 1. The van der Waals surface area contributed by atoms with Crippen LogP contribution < -0.4 is 10.2 Å². The zero-order valence-corrected chi connectivity index (χ0v) is 14.9. The van der Waals surface area contributed by atoms with Crippen LogP contribution in [-0.4, -0.2) is 47.1 Å². The van der Waals surface area contributed by atoms with Crippen molar-refractivity contribution < 1.29 is 4.79 Å². The fourth-order valence-electron chi connectivity index (χ4n) is 3.16. The molecule has 6 nitrogen and oxygen atoms in total. The summed E-state index contributed by atoms with van der Waals surface area (Å²) in [6.45, 7) is 2.82. The molecule has 1 fully saturated rings. The normalized spacial score (nSPS) is 14.5. The Kier molecular flexibility index (Phi) is 4.58. The summed E-state index contributed by atoms with van der Waals surface area (Å²) in [6, 6.07) is 13.1. The molecule has 1 aliphatic heterocycles. The van der Waals surface area contributed by atoms with Gasteiger partial charge in [0, 0.05) is 54.7 Å². The van der Waals surface area contributed by atoms with Gasteiger partial charge in [-0.05, 0) is 36.4 Å². The lowest BCUT2D eigenvalue weighted by Gasteiger charge is -2.36. The summed E-state index contributed by atoms with van der Waals surface area (Å²) in [7, 11) is 0. The van der Waals surface area contributed by atoms with E-state index in [1.165, 1.54) is 0 Å². The van der Waals surface area contributed by atoms with Crippen LogP contribution in [0.4, 0.5) is 16.3 Å². The first-order valence-electron chi connectivity index (χ1n) is 8.47. The van der Waals surface area contributed by atoms with E-state index in [0.717, 1.165) is 29.7 Å². The molecule has 132 valence electrons. The number of piperazine rings is 1. The predicted molar refractivity (Wildman–Crippen MR) is 104 cm³/mol. The average Bonchev–Trinajstić information content (AvgIpc) is 2.68. The van der Waals surface area contributed by atoms with Crippen LogP contribution in [0.25, 0.3) is 10.9 Å². The number of carbonyl (C=O) groups excluding carboxylic acids is 1. The molecule has 2 aromatic heterocycles. The number of fused-ring (bicyclic) bond motifs is 1. The summed E-state index contributed by atoms with van der Waals surface area (Å²) in [6.07, 6.45) is 3.46. The van der Waals surface area contributed by atoms with Crippen LogP contribution in [0.15, 0.2) is 54.9 Å². The van der Waals surface area contributed by atoms with Crippen molar-refractivity contribution in [1.29, 1.82) is 0 Å². The molecule has 3 heterocycles. The smallest absolute Gasteiger partial charge is 0.323 e. The molecule has 2 amide bonds. The Morgan fingerprint density at radius 1 is 1.00 bits per heavy atom. The highest BCUT2D eigenvalue weighted by molar-refractivity contribution is 6.31. The van der Waals surface area contributed by atoms with Gasteiger partial charge in [0.25, 0.3) is 0 Å². The molecular formula is C19H18ClN5O. The second-order valence-corrected chi connectivity index (χ2v) is 6.55. The number of anilines is 2. The number of nitrogens with one attached hydrogen (secondary N) is 1. The van der Waals surface area contributed by atoms with E-state index < -0.39 is 0 Å². The predicted octanol–water partition coefficient (Wildman–Crippen LogP) is 3.64. The lowest BCUT2D eigenvalue weighted by Crippen LogP contribution is -2.50. The zero-order valence-electron chi connectivity index (χ0n) is 14.1. The number of urea groups is 1.